The average Bonchev–Trinajstić information content (AvgIpc) is 2.30. The number of hydrogen-bond acceptors (Lipinski definition) is 2. The molecule has 2 aromatic rings. The molecule has 0 heterocycles. The molecule has 2 nitrogen and oxygen atoms in total. The van der Waals surface area contributed by atoms with Gasteiger partial charge in [-0.05, 0) is 52.3 Å². The maximum absolute atomic E-state index is 5.91. The first-order chi connectivity index (χ1) is 8.95. The first-order valence-corrected chi connectivity index (χ1v) is 7.15. The molecule has 2 aromatic carbocycles. The fourth-order valence-electron chi connectivity index (χ4n) is 1.45. The second-order valence-corrected chi connectivity index (χ2v) is 5.88. The second-order valence-electron chi connectivity index (χ2n) is 3.72. The van der Waals surface area contributed by atoms with Crippen LogP contribution in [0.25, 0.3) is 0 Å². The molecule has 0 unspecified atom stereocenters. The van der Waals surface area contributed by atoms with Crippen molar-refractivity contribution in [1.29, 1.82) is 0 Å². The normalized spacial score (nSPS) is 10.3. The van der Waals surface area contributed by atoms with E-state index >= 15 is 0 Å². The van der Waals surface area contributed by atoms with Crippen LogP contribution in [0.4, 0.5) is 0 Å². The lowest BCUT2D eigenvalue weighted by Gasteiger charge is -2.09. The molecule has 0 atom stereocenters. The molecular formula is C13H8BrCl2NOS. The van der Waals surface area contributed by atoms with Crippen LogP contribution in [0.1, 0.15) is 5.56 Å². The third-order valence-corrected chi connectivity index (χ3v) is 3.57. The molecule has 2 N–H and O–H groups in total. The molecule has 0 aliphatic rings. The highest BCUT2D eigenvalue weighted by atomic mass is 79.9. The Bertz CT molecular complexity index is 628. The van der Waals surface area contributed by atoms with Crippen LogP contribution in [0, 0.1) is 0 Å². The fraction of sp³-hybridized carbons (Fsp3) is 0. The Kier molecular flexibility index (Phi) is 4.68. The van der Waals surface area contributed by atoms with Crippen LogP contribution in [0.3, 0.4) is 0 Å². The van der Waals surface area contributed by atoms with Crippen LogP contribution >= 0.6 is 51.3 Å². The first kappa shape index (κ1) is 14.6. The van der Waals surface area contributed by atoms with Gasteiger partial charge in [0.15, 0.2) is 0 Å². The van der Waals surface area contributed by atoms with Crippen molar-refractivity contribution < 1.29 is 4.74 Å². The lowest BCUT2D eigenvalue weighted by molar-refractivity contribution is 0.479. The fourth-order valence-corrected chi connectivity index (χ4v) is 2.54. The van der Waals surface area contributed by atoms with E-state index in [1.54, 1.807) is 36.4 Å². The van der Waals surface area contributed by atoms with Crippen LogP contribution in [-0.4, -0.2) is 4.99 Å². The van der Waals surface area contributed by atoms with Gasteiger partial charge in [-0.2, -0.15) is 0 Å². The summed E-state index contributed by atoms with van der Waals surface area (Å²) in [6.45, 7) is 0. The number of nitrogens with two attached hydrogens (primary N) is 1. The molecule has 0 aliphatic carbocycles. The third-order valence-electron chi connectivity index (χ3n) is 2.28. The van der Waals surface area contributed by atoms with Crippen molar-refractivity contribution in [3.63, 3.8) is 0 Å². The molecule has 0 aromatic heterocycles. The predicted molar refractivity (Wildman–Crippen MR) is 86.6 cm³/mol. The van der Waals surface area contributed by atoms with Crippen molar-refractivity contribution >= 4 is 56.3 Å². The van der Waals surface area contributed by atoms with E-state index in [1.165, 1.54) is 0 Å². The zero-order chi connectivity index (χ0) is 14.0. The molecule has 19 heavy (non-hydrogen) atoms. The molecule has 0 aliphatic heterocycles. The molecule has 0 amide bonds. The number of benzene rings is 2. The van der Waals surface area contributed by atoms with Crippen molar-refractivity contribution in [2.24, 2.45) is 5.73 Å². The van der Waals surface area contributed by atoms with E-state index in [0.29, 0.717) is 26.5 Å². The summed E-state index contributed by atoms with van der Waals surface area (Å²) in [4.78, 5) is 0.332. The third kappa shape index (κ3) is 3.83. The second kappa shape index (κ2) is 6.09. The Morgan fingerprint density at radius 3 is 2.26 bits per heavy atom. The summed E-state index contributed by atoms with van der Waals surface area (Å²) in [5.74, 6) is 1.18. The smallest absolute Gasteiger partial charge is 0.141 e. The van der Waals surface area contributed by atoms with Crippen LogP contribution in [0.2, 0.25) is 10.0 Å². The quantitative estimate of drug-likeness (QED) is 0.749. The van der Waals surface area contributed by atoms with E-state index < -0.39 is 0 Å². The number of rotatable bonds is 3. The van der Waals surface area contributed by atoms with Gasteiger partial charge in [-0.3, -0.25) is 0 Å². The highest BCUT2D eigenvalue weighted by molar-refractivity contribution is 9.10. The van der Waals surface area contributed by atoms with Gasteiger partial charge >= 0.3 is 0 Å². The number of ether oxygens (including phenoxy) is 1. The Labute approximate surface area is 134 Å². The Hall–Kier alpha value is -0.810. The number of halogens is 3. The Morgan fingerprint density at radius 1 is 1.11 bits per heavy atom. The summed E-state index contributed by atoms with van der Waals surface area (Å²) in [5, 5.41) is 1.02. The summed E-state index contributed by atoms with van der Waals surface area (Å²) in [6.07, 6.45) is 0. The van der Waals surface area contributed by atoms with Crippen LogP contribution in [-0.2, 0) is 0 Å². The summed E-state index contributed by atoms with van der Waals surface area (Å²) in [5.41, 5.74) is 6.32. The molecule has 0 bridgehead atoms. The van der Waals surface area contributed by atoms with Gasteiger partial charge < -0.3 is 10.5 Å². The van der Waals surface area contributed by atoms with Crippen molar-refractivity contribution in [3.05, 3.63) is 56.5 Å². The molecule has 0 saturated heterocycles. The Morgan fingerprint density at radius 2 is 1.74 bits per heavy atom. The van der Waals surface area contributed by atoms with Gasteiger partial charge in [0.1, 0.15) is 16.5 Å². The maximum Gasteiger partial charge on any atom is 0.141 e. The van der Waals surface area contributed by atoms with Crippen molar-refractivity contribution in [1.82, 2.24) is 0 Å². The summed E-state index contributed by atoms with van der Waals surface area (Å²) in [6, 6.07) is 10.4. The molecule has 0 radical (unpaired) electrons. The van der Waals surface area contributed by atoms with Gasteiger partial charge in [-0.25, -0.2) is 0 Å². The topological polar surface area (TPSA) is 35.2 Å². The zero-order valence-corrected chi connectivity index (χ0v) is 13.4. The highest BCUT2D eigenvalue weighted by Gasteiger charge is 2.07. The van der Waals surface area contributed by atoms with E-state index in [1.807, 2.05) is 0 Å². The lowest BCUT2D eigenvalue weighted by atomic mass is 10.2. The van der Waals surface area contributed by atoms with Gasteiger partial charge in [-0.1, -0.05) is 35.4 Å². The molecule has 0 fully saturated rings. The van der Waals surface area contributed by atoms with Crippen LogP contribution in [0.5, 0.6) is 11.5 Å². The largest absolute Gasteiger partial charge is 0.456 e. The van der Waals surface area contributed by atoms with Crippen molar-refractivity contribution in [3.8, 4) is 11.5 Å². The van der Waals surface area contributed by atoms with Gasteiger partial charge in [0.05, 0.1) is 4.47 Å². The first-order valence-electron chi connectivity index (χ1n) is 5.19. The summed E-state index contributed by atoms with van der Waals surface area (Å²) >= 11 is 20.1. The van der Waals surface area contributed by atoms with E-state index in [4.69, 9.17) is 45.9 Å². The van der Waals surface area contributed by atoms with Crippen LogP contribution < -0.4 is 10.5 Å². The van der Waals surface area contributed by atoms with Gasteiger partial charge in [0.2, 0.25) is 0 Å². The van der Waals surface area contributed by atoms with Crippen LogP contribution in [0.15, 0.2) is 40.9 Å². The maximum atomic E-state index is 5.91. The molecule has 98 valence electrons. The molecule has 0 saturated carbocycles. The number of hydrogen-bond donors (Lipinski definition) is 1. The van der Waals surface area contributed by atoms with Gasteiger partial charge in [-0.15, -0.1) is 0 Å². The van der Waals surface area contributed by atoms with E-state index in [9.17, 15) is 0 Å². The van der Waals surface area contributed by atoms with E-state index in [-0.39, 0.29) is 0 Å². The minimum atomic E-state index is 0.332. The molecule has 2 rings (SSSR count). The molecular weight excluding hydrogens is 369 g/mol. The Balaban J connectivity index is 2.30. The summed E-state index contributed by atoms with van der Waals surface area (Å²) in [7, 11) is 0. The lowest BCUT2D eigenvalue weighted by Crippen LogP contribution is -2.08. The monoisotopic (exact) mass is 375 g/mol. The van der Waals surface area contributed by atoms with E-state index in [0.717, 1.165) is 10.0 Å². The van der Waals surface area contributed by atoms with Crippen molar-refractivity contribution in [2.75, 3.05) is 0 Å². The minimum absolute atomic E-state index is 0.332. The highest BCUT2D eigenvalue weighted by Crippen LogP contribution is 2.33. The SMILES string of the molecule is NC(=S)c1ccc(Oc2cc(Cl)cc(Cl)c2)c(Br)c1. The van der Waals surface area contributed by atoms with E-state index in [2.05, 4.69) is 15.9 Å². The number of thiocarbonyl (C=S) groups is 1. The molecule has 6 heteroatoms. The standard InChI is InChI=1S/C13H8BrCl2NOS/c14-11-3-7(13(17)19)1-2-12(11)18-10-5-8(15)4-9(16)6-10/h1-6H,(H2,17,19). The molecule has 0 spiro atoms. The average molecular weight is 377 g/mol. The van der Waals surface area contributed by atoms with Crippen molar-refractivity contribution in [2.45, 2.75) is 0 Å². The minimum Gasteiger partial charge on any atom is -0.456 e. The summed E-state index contributed by atoms with van der Waals surface area (Å²) < 4.78 is 6.45. The van der Waals surface area contributed by atoms with Gasteiger partial charge in [0.25, 0.3) is 0 Å². The van der Waals surface area contributed by atoms with Gasteiger partial charge in [0, 0.05) is 15.6 Å². The zero-order valence-electron chi connectivity index (χ0n) is 9.49. The predicted octanol–water partition coefficient (Wildman–Crippen LogP) is 5.18.